The fraction of sp³-hybridized carbons (Fsp3) is 0.133. The number of amides is 1. The average Bonchev–Trinajstić information content (AvgIpc) is 2.52. The van der Waals surface area contributed by atoms with Crippen LogP contribution in [-0.2, 0) is 11.3 Å². The highest BCUT2D eigenvalue weighted by molar-refractivity contribution is 6.30. The van der Waals surface area contributed by atoms with Gasteiger partial charge in [0.1, 0.15) is 0 Å². The number of nitrogens with one attached hydrogen (secondary N) is 1. The van der Waals surface area contributed by atoms with Crippen molar-refractivity contribution in [2.45, 2.75) is 6.54 Å². The predicted octanol–water partition coefficient (Wildman–Crippen LogP) is 3.59. The van der Waals surface area contributed by atoms with Crippen LogP contribution < -0.4 is 10.1 Å². The largest absolute Gasteiger partial charge is 0.477 e. The van der Waals surface area contributed by atoms with Gasteiger partial charge in [-0.15, -0.1) is 0 Å². The lowest BCUT2D eigenvalue weighted by Crippen LogP contribution is -2.28. The highest BCUT2D eigenvalue weighted by Gasteiger charge is 2.21. The number of benzene rings is 2. The lowest BCUT2D eigenvalue weighted by Gasteiger charge is -2.10. The molecule has 0 aliphatic rings. The zero-order valence-electron chi connectivity index (χ0n) is 11.5. The van der Waals surface area contributed by atoms with E-state index in [9.17, 15) is 22.4 Å². The molecule has 1 N–H and O–H groups in total. The third-order valence-electron chi connectivity index (χ3n) is 2.82. The van der Waals surface area contributed by atoms with Gasteiger partial charge in [-0.3, -0.25) is 4.79 Å². The molecule has 0 radical (unpaired) electrons. The van der Waals surface area contributed by atoms with Gasteiger partial charge in [-0.05, 0) is 17.7 Å². The summed E-state index contributed by atoms with van der Waals surface area (Å²) in [5.41, 5.74) is 0.733. The van der Waals surface area contributed by atoms with Crippen molar-refractivity contribution in [3.05, 3.63) is 64.2 Å². The summed E-state index contributed by atoms with van der Waals surface area (Å²) in [7, 11) is 0. The Morgan fingerprint density at radius 2 is 1.61 bits per heavy atom. The second-order valence-corrected chi connectivity index (χ2v) is 4.93. The molecule has 0 aliphatic carbocycles. The van der Waals surface area contributed by atoms with E-state index in [2.05, 4.69) is 10.1 Å². The van der Waals surface area contributed by atoms with Crippen molar-refractivity contribution < 1.29 is 27.1 Å². The molecule has 122 valence electrons. The molecule has 0 heterocycles. The predicted molar refractivity (Wildman–Crippen MR) is 75.1 cm³/mol. The normalized spacial score (nSPS) is 10.5. The zero-order chi connectivity index (χ0) is 17.0. The number of hydrogen-bond acceptors (Lipinski definition) is 2. The Morgan fingerprint density at radius 3 is 2.17 bits per heavy atom. The fourth-order valence-corrected chi connectivity index (χ4v) is 1.80. The van der Waals surface area contributed by atoms with E-state index in [1.807, 2.05) is 0 Å². The maximum absolute atomic E-state index is 13.3. The van der Waals surface area contributed by atoms with E-state index in [4.69, 9.17) is 11.6 Å². The second-order valence-electron chi connectivity index (χ2n) is 4.49. The van der Waals surface area contributed by atoms with Crippen LogP contribution in [0.5, 0.6) is 5.75 Å². The summed E-state index contributed by atoms with van der Waals surface area (Å²) in [6.45, 7) is -0.674. The fourth-order valence-electron chi connectivity index (χ4n) is 1.67. The lowest BCUT2D eigenvalue weighted by molar-refractivity contribution is -0.123. The molecule has 23 heavy (non-hydrogen) atoms. The highest BCUT2D eigenvalue weighted by Crippen LogP contribution is 2.26. The minimum atomic E-state index is -1.70. The quantitative estimate of drug-likeness (QED) is 0.663. The van der Waals surface area contributed by atoms with E-state index in [1.165, 1.54) is 0 Å². The van der Waals surface area contributed by atoms with Gasteiger partial charge in [0.05, 0.1) is 0 Å². The number of ether oxygens (including phenoxy) is 1. The number of rotatable bonds is 5. The van der Waals surface area contributed by atoms with Crippen molar-refractivity contribution in [2.24, 2.45) is 0 Å². The summed E-state index contributed by atoms with van der Waals surface area (Å²) in [6.07, 6.45) is 0. The molecule has 2 aromatic rings. The smallest absolute Gasteiger partial charge is 0.258 e. The first-order chi connectivity index (χ1) is 10.9. The maximum atomic E-state index is 13.3. The van der Waals surface area contributed by atoms with Crippen LogP contribution in [0.15, 0.2) is 30.3 Å². The van der Waals surface area contributed by atoms with Crippen LogP contribution in [0.25, 0.3) is 0 Å². The SMILES string of the molecule is O=C(COc1c(F)c(F)cc(F)c1F)NCc1ccc(Cl)cc1. The molecule has 0 aromatic heterocycles. The zero-order valence-corrected chi connectivity index (χ0v) is 12.3. The van der Waals surface area contributed by atoms with Crippen LogP contribution in [0, 0.1) is 23.3 Å². The van der Waals surface area contributed by atoms with Crippen LogP contribution in [0.3, 0.4) is 0 Å². The van der Waals surface area contributed by atoms with Crippen LogP contribution in [0.4, 0.5) is 17.6 Å². The molecule has 2 rings (SSSR count). The second kappa shape index (κ2) is 7.32. The minimum Gasteiger partial charge on any atom is -0.477 e. The number of halogens is 5. The van der Waals surface area contributed by atoms with E-state index in [0.717, 1.165) is 5.56 Å². The van der Waals surface area contributed by atoms with E-state index >= 15 is 0 Å². The van der Waals surface area contributed by atoms with Gasteiger partial charge in [-0.25, -0.2) is 8.78 Å². The standard InChI is InChI=1S/C15H10ClF4NO2/c16-9-3-1-8(2-4-9)6-21-12(22)7-23-15-13(19)10(17)5-11(18)14(15)20/h1-5H,6-7H2,(H,21,22). The first-order valence-electron chi connectivity index (χ1n) is 6.35. The Labute approximate surface area is 133 Å². The molecular formula is C15H10ClF4NO2. The van der Waals surface area contributed by atoms with Gasteiger partial charge in [0, 0.05) is 17.6 Å². The third kappa shape index (κ3) is 4.35. The van der Waals surface area contributed by atoms with Gasteiger partial charge >= 0.3 is 0 Å². The molecule has 3 nitrogen and oxygen atoms in total. The third-order valence-corrected chi connectivity index (χ3v) is 3.07. The Hall–Kier alpha value is -2.28. The molecular weight excluding hydrogens is 338 g/mol. The molecule has 8 heteroatoms. The first kappa shape index (κ1) is 17.1. The van der Waals surface area contributed by atoms with Crippen LogP contribution in [0.2, 0.25) is 5.02 Å². The van der Waals surface area contributed by atoms with Crippen molar-refractivity contribution in [1.82, 2.24) is 5.32 Å². The monoisotopic (exact) mass is 347 g/mol. The molecule has 0 saturated heterocycles. The van der Waals surface area contributed by atoms with Crippen molar-refractivity contribution in [1.29, 1.82) is 0 Å². The van der Waals surface area contributed by atoms with Gasteiger partial charge in [0.15, 0.2) is 24.0 Å². The van der Waals surface area contributed by atoms with Gasteiger partial charge in [0.2, 0.25) is 11.6 Å². The van der Waals surface area contributed by atoms with E-state index < -0.39 is 41.5 Å². The van der Waals surface area contributed by atoms with Crippen molar-refractivity contribution in [3.8, 4) is 5.75 Å². The number of carbonyl (C=O) groups excluding carboxylic acids is 1. The summed E-state index contributed by atoms with van der Waals surface area (Å²) in [6, 6.07) is 6.65. The van der Waals surface area contributed by atoms with E-state index in [-0.39, 0.29) is 12.6 Å². The molecule has 0 atom stereocenters. The molecule has 0 fully saturated rings. The van der Waals surface area contributed by atoms with Gasteiger partial charge < -0.3 is 10.1 Å². The minimum absolute atomic E-state index is 0.0537. The number of carbonyl (C=O) groups is 1. The van der Waals surface area contributed by atoms with Crippen LogP contribution in [0.1, 0.15) is 5.56 Å². The maximum Gasteiger partial charge on any atom is 0.258 e. The average molecular weight is 348 g/mol. The Kier molecular flexibility index (Phi) is 5.44. The summed E-state index contributed by atoms with van der Waals surface area (Å²) in [5.74, 6) is -8.61. The molecule has 2 aromatic carbocycles. The lowest BCUT2D eigenvalue weighted by atomic mass is 10.2. The highest BCUT2D eigenvalue weighted by atomic mass is 35.5. The first-order valence-corrected chi connectivity index (χ1v) is 6.73. The molecule has 0 aliphatic heterocycles. The van der Waals surface area contributed by atoms with Crippen molar-refractivity contribution >= 4 is 17.5 Å². The molecule has 0 unspecified atom stereocenters. The van der Waals surface area contributed by atoms with Crippen molar-refractivity contribution in [2.75, 3.05) is 6.61 Å². The molecule has 0 bridgehead atoms. The summed E-state index contributed by atoms with van der Waals surface area (Å²) < 4.78 is 57.1. The topological polar surface area (TPSA) is 38.3 Å². The summed E-state index contributed by atoms with van der Waals surface area (Å²) >= 11 is 5.71. The van der Waals surface area contributed by atoms with Gasteiger partial charge in [0.25, 0.3) is 5.91 Å². The molecule has 1 amide bonds. The molecule has 0 saturated carbocycles. The van der Waals surface area contributed by atoms with E-state index in [1.54, 1.807) is 24.3 Å². The molecule has 0 spiro atoms. The Morgan fingerprint density at radius 1 is 1.04 bits per heavy atom. The Balaban J connectivity index is 1.93. The number of hydrogen-bond donors (Lipinski definition) is 1. The van der Waals surface area contributed by atoms with Gasteiger partial charge in [-0.1, -0.05) is 23.7 Å². The van der Waals surface area contributed by atoms with Crippen LogP contribution in [-0.4, -0.2) is 12.5 Å². The van der Waals surface area contributed by atoms with Crippen LogP contribution >= 0.6 is 11.6 Å². The summed E-state index contributed by atoms with van der Waals surface area (Å²) in [5, 5.41) is 2.95. The van der Waals surface area contributed by atoms with Gasteiger partial charge in [-0.2, -0.15) is 8.78 Å². The van der Waals surface area contributed by atoms with E-state index in [0.29, 0.717) is 5.02 Å². The summed E-state index contributed by atoms with van der Waals surface area (Å²) in [4.78, 5) is 11.6. The Bertz CT molecular complexity index is 696. The van der Waals surface area contributed by atoms with Crippen molar-refractivity contribution in [3.63, 3.8) is 0 Å².